The molecule has 2 aromatic rings. The summed E-state index contributed by atoms with van der Waals surface area (Å²) < 4.78 is 7.65. The van der Waals surface area contributed by atoms with Crippen molar-refractivity contribution in [2.24, 2.45) is 5.92 Å². The van der Waals surface area contributed by atoms with Gasteiger partial charge in [-0.25, -0.2) is 4.98 Å². The van der Waals surface area contributed by atoms with Gasteiger partial charge in [-0.3, -0.25) is 14.2 Å². The van der Waals surface area contributed by atoms with E-state index >= 15 is 0 Å². The normalized spacial score (nSPS) is 14.0. The lowest BCUT2D eigenvalue weighted by Crippen LogP contribution is -2.33. The number of nitrogens with one attached hydrogen (secondary N) is 1. The van der Waals surface area contributed by atoms with Crippen molar-refractivity contribution in [3.63, 3.8) is 0 Å². The van der Waals surface area contributed by atoms with E-state index in [9.17, 15) is 9.59 Å². The summed E-state index contributed by atoms with van der Waals surface area (Å²) >= 11 is 3.34. The van der Waals surface area contributed by atoms with E-state index in [0.717, 1.165) is 23.4 Å². The average molecular weight is 394 g/mol. The minimum Gasteiger partial charge on any atom is -0.381 e. The van der Waals surface area contributed by atoms with Gasteiger partial charge in [-0.1, -0.05) is 15.9 Å². The number of halogens is 1. The van der Waals surface area contributed by atoms with Crippen molar-refractivity contribution in [1.29, 1.82) is 0 Å². The summed E-state index contributed by atoms with van der Waals surface area (Å²) in [5, 5.41) is 3.30. The summed E-state index contributed by atoms with van der Waals surface area (Å²) in [6.07, 6.45) is 4.75. The third-order valence-electron chi connectivity index (χ3n) is 3.94. The van der Waals surface area contributed by atoms with Gasteiger partial charge in [0.15, 0.2) is 0 Å². The van der Waals surface area contributed by atoms with Crippen molar-refractivity contribution in [2.45, 2.75) is 25.8 Å². The number of amides is 1. The number of benzene rings is 1. The Balaban J connectivity index is 1.49. The smallest absolute Gasteiger partial charge is 0.261 e. The second-order valence-electron chi connectivity index (χ2n) is 6.06. The van der Waals surface area contributed by atoms with Crippen LogP contribution in [0, 0.1) is 5.92 Å². The molecule has 0 saturated heterocycles. The first-order chi connectivity index (χ1) is 11.6. The SMILES string of the molecule is O=C(Cn1cnc2ccc(Br)cc2c1=O)NCCCOCC1CC1. The number of hydrogen-bond acceptors (Lipinski definition) is 4. The zero-order chi connectivity index (χ0) is 16.9. The minimum absolute atomic E-state index is 0.0305. The molecule has 0 bridgehead atoms. The molecule has 1 saturated carbocycles. The fourth-order valence-corrected chi connectivity index (χ4v) is 2.75. The van der Waals surface area contributed by atoms with Gasteiger partial charge in [0, 0.05) is 24.2 Å². The molecule has 6 nitrogen and oxygen atoms in total. The Morgan fingerprint density at radius 2 is 2.25 bits per heavy atom. The van der Waals surface area contributed by atoms with Crippen LogP contribution in [0.15, 0.2) is 33.8 Å². The highest BCUT2D eigenvalue weighted by atomic mass is 79.9. The van der Waals surface area contributed by atoms with Crippen LogP contribution in [0.3, 0.4) is 0 Å². The summed E-state index contributed by atoms with van der Waals surface area (Å²) in [6.45, 7) is 2.01. The Morgan fingerprint density at radius 1 is 1.42 bits per heavy atom. The largest absolute Gasteiger partial charge is 0.381 e. The van der Waals surface area contributed by atoms with E-state index in [2.05, 4.69) is 26.2 Å². The topological polar surface area (TPSA) is 73.2 Å². The molecular weight excluding hydrogens is 374 g/mol. The van der Waals surface area contributed by atoms with Crippen molar-refractivity contribution < 1.29 is 9.53 Å². The summed E-state index contributed by atoms with van der Waals surface area (Å²) in [5.74, 6) is 0.558. The molecule has 1 amide bonds. The lowest BCUT2D eigenvalue weighted by molar-refractivity contribution is -0.121. The number of nitrogens with zero attached hydrogens (tertiary/aromatic N) is 2. The Morgan fingerprint density at radius 3 is 3.04 bits per heavy atom. The molecule has 1 aliphatic rings. The second-order valence-corrected chi connectivity index (χ2v) is 6.98. The third kappa shape index (κ3) is 4.64. The summed E-state index contributed by atoms with van der Waals surface area (Å²) in [4.78, 5) is 28.6. The first kappa shape index (κ1) is 17.1. The number of hydrogen-bond donors (Lipinski definition) is 1. The Labute approximate surface area is 148 Å². The third-order valence-corrected chi connectivity index (χ3v) is 4.43. The zero-order valence-corrected chi connectivity index (χ0v) is 14.9. The highest BCUT2D eigenvalue weighted by Crippen LogP contribution is 2.28. The first-order valence-corrected chi connectivity index (χ1v) is 8.92. The van der Waals surface area contributed by atoms with Crippen LogP contribution in [0.5, 0.6) is 0 Å². The Hall–Kier alpha value is -1.73. The maximum absolute atomic E-state index is 12.4. The molecule has 128 valence electrons. The van der Waals surface area contributed by atoms with E-state index in [-0.39, 0.29) is 18.0 Å². The molecule has 1 fully saturated rings. The molecule has 0 atom stereocenters. The highest BCUT2D eigenvalue weighted by Gasteiger charge is 2.20. The fourth-order valence-electron chi connectivity index (χ4n) is 2.39. The van der Waals surface area contributed by atoms with Gasteiger partial charge in [-0.05, 0) is 43.4 Å². The fraction of sp³-hybridized carbons (Fsp3) is 0.471. The van der Waals surface area contributed by atoms with Crippen molar-refractivity contribution in [3.8, 4) is 0 Å². The van der Waals surface area contributed by atoms with Gasteiger partial charge < -0.3 is 10.1 Å². The van der Waals surface area contributed by atoms with Crippen molar-refractivity contribution in [3.05, 3.63) is 39.4 Å². The van der Waals surface area contributed by atoms with Crippen molar-refractivity contribution in [2.75, 3.05) is 19.8 Å². The highest BCUT2D eigenvalue weighted by molar-refractivity contribution is 9.10. The number of carbonyl (C=O) groups excluding carboxylic acids is 1. The maximum atomic E-state index is 12.4. The predicted molar refractivity (Wildman–Crippen MR) is 94.9 cm³/mol. The summed E-state index contributed by atoms with van der Waals surface area (Å²) in [6, 6.07) is 5.32. The van der Waals surface area contributed by atoms with Crippen LogP contribution in [-0.2, 0) is 16.1 Å². The van der Waals surface area contributed by atoms with Gasteiger partial charge in [0.05, 0.1) is 17.2 Å². The number of aromatic nitrogens is 2. The van der Waals surface area contributed by atoms with Crippen LogP contribution in [-0.4, -0.2) is 35.2 Å². The zero-order valence-electron chi connectivity index (χ0n) is 13.3. The molecule has 0 radical (unpaired) electrons. The Kier molecular flexibility index (Phi) is 5.63. The molecule has 7 heteroatoms. The quantitative estimate of drug-likeness (QED) is 0.696. The van der Waals surface area contributed by atoms with Gasteiger partial charge in [-0.2, -0.15) is 0 Å². The molecule has 1 aliphatic carbocycles. The van der Waals surface area contributed by atoms with E-state index in [1.165, 1.54) is 23.7 Å². The molecule has 0 spiro atoms. The van der Waals surface area contributed by atoms with Crippen molar-refractivity contribution in [1.82, 2.24) is 14.9 Å². The number of ether oxygens (including phenoxy) is 1. The van der Waals surface area contributed by atoms with Gasteiger partial charge in [0.25, 0.3) is 5.56 Å². The summed E-state index contributed by atoms with van der Waals surface area (Å²) in [5.41, 5.74) is 0.400. The second kappa shape index (κ2) is 7.90. The van der Waals surface area contributed by atoms with Crippen LogP contribution in [0.25, 0.3) is 10.9 Å². The van der Waals surface area contributed by atoms with E-state index in [1.807, 2.05) is 6.07 Å². The van der Waals surface area contributed by atoms with Gasteiger partial charge in [0.2, 0.25) is 5.91 Å². The van der Waals surface area contributed by atoms with Gasteiger partial charge in [0.1, 0.15) is 6.54 Å². The summed E-state index contributed by atoms with van der Waals surface area (Å²) in [7, 11) is 0. The minimum atomic E-state index is -0.218. The molecule has 0 aliphatic heterocycles. The van der Waals surface area contributed by atoms with E-state index in [1.54, 1.807) is 12.1 Å². The van der Waals surface area contributed by atoms with Crippen molar-refractivity contribution >= 4 is 32.7 Å². The first-order valence-electron chi connectivity index (χ1n) is 8.12. The molecule has 24 heavy (non-hydrogen) atoms. The monoisotopic (exact) mass is 393 g/mol. The predicted octanol–water partition coefficient (Wildman–Crippen LogP) is 2.09. The maximum Gasteiger partial charge on any atom is 0.261 e. The Bertz CT molecular complexity index is 786. The number of fused-ring (bicyclic) bond motifs is 1. The van der Waals surface area contributed by atoms with Gasteiger partial charge >= 0.3 is 0 Å². The number of carbonyl (C=O) groups is 1. The molecule has 1 heterocycles. The lowest BCUT2D eigenvalue weighted by atomic mass is 10.2. The molecule has 1 aromatic carbocycles. The molecule has 1 N–H and O–H groups in total. The molecule has 0 unspecified atom stereocenters. The molecular formula is C17H20BrN3O3. The molecule has 3 rings (SSSR count). The van der Waals surface area contributed by atoms with Crippen LogP contribution in [0.2, 0.25) is 0 Å². The van der Waals surface area contributed by atoms with Gasteiger partial charge in [-0.15, -0.1) is 0 Å². The van der Waals surface area contributed by atoms with E-state index in [4.69, 9.17) is 4.74 Å². The van der Waals surface area contributed by atoms with Crippen LogP contribution in [0.1, 0.15) is 19.3 Å². The standard InChI is InChI=1S/C17H20BrN3O3/c18-13-4-5-15-14(8-13)17(23)21(11-20-15)9-16(22)19-6-1-7-24-10-12-2-3-12/h4-5,8,11-12H,1-3,6-7,9-10H2,(H,19,22). The number of rotatable bonds is 8. The van der Waals surface area contributed by atoms with E-state index in [0.29, 0.717) is 24.1 Å². The average Bonchev–Trinajstić information content (AvgIpc) is 3.38. The van der Waals surface area contributed by atoms with Crippen LogP contribution < -0.4 is 10.9 Å². The van der Waals surface area contributed by atoms with Crippen LogP contribution >= 0.6 is 15.9 Å². The molecule has 1 aromatic heterocycles. The lowest BCUT2D eigenvalue weighted by Gasteiger charge is -2.08. The van der Waals surface area contributed by atoms with Crippen LogP contribution in [0.4, 0.5) is 0 Å². The van der Waals surface area contributed by atoms with E-state index < -0.39 is 0 Å².